The predicted octanol–water partition coefficient (Wildman–Crippen LogP) is 4.60. The van der Waals surface area contributed by atoms with E-state index in [0.717, 1.165) is 15.6 Å². The minimum atomic E-state index is -0.421. The van der Waals surface area contributed by atoms with E-state index < -0.39 is 5.97 Å². The van der Waals surface area contributed by atoms with Gasteiger partial charge in [-0.15, -0.1) is 0 Å². The first-order valence-electron chi connectivity index (χ1n) is 5.81. The van der Waals surface area contributed by atoms with Crippen molar-refractivity contribution in [2.75, 3.05) is 0 Å². The van der Waals surface area contributed by atoms with Crippen LogP contribution in [-0.2, 0) is 4.79 Å². The summed E-state index contributed by atoms with van der Waals surface area (Å²) in [6.45, 7) is 5.22. The summed E-state index contributed by atoms with van der Waals surface area (Å²) in [6, 6.07) is 15.3. The second kappa shape index (κ2) is 5.85. The Hall–Kier alpha value is -1.87. The first-order valence-corrected chi connectivity index (χ1v) is 6.60. The highest BCUT2D eigenvalue weighted by Gasteiger charge is 2.13. The van der Waals surface area contributed by atoms with Crippen LogP contribution in [0.5, 0.6) is 5.75 Å². The van der Waals surface area contributed by atoms with Gasteiger partial charge in [-0.05, 0) is 24.6 Å². The Balaban J connectivity index is 2.48. The molecule has 2 aromatic carbocycles. The maximum atomic E-state index is 11.7. The largest absolute Gasteiger partial charge is 0.422 e. The fraction of sp³-hybridized carbons (Fsp3) is 0.0625. The van der Waals surface area contributed by atoms with E-state index in [4.69, 9.17) is 4.74 Å². The molecular formula is C16H13BrO2. The molecule has 19 heavy (non-hydrogen) atoms. The van der Waals surface area contributed by atoms with E-state index in [1.54, 1.807) is 13.0 Å². The number of esters is 1. The van der Waals surface area contributed by atoms with E-state index in [2.05, 4.69) is 22.5 Å². The Kier molecular flexibility index (Phi) is 4.17. The summed E-state index contributed by atoms with van der Waals surface area (Å²) < 4.78 is 6.25. The second-order valence-electron chi connectivity index (χ2n) is 4.15. The van der Waals surface area contributed by atoms with Crippen molar-refractivity contribution >= 4 is 21.9 Å². The number of hydrogen-bond acceptors (Lipinski definition) is 2. The molecule has 0 radical (unpaired) electrons. The quantitative estimate of drug-likeness (QED) is 0.470. The van der Waals surface area contributed by atoms with Crippen LogP contribution in [0.25, 0.3) is 11.1 Å². The van der Waals surface area contributed by atoms with Crippen LogP contribution in [0.15, 0.2) is 65.2 Å². The summed E-state index contributed by atoms with van der Waals surface area (Å²) in [6.07, 6.45) is 0. The number of halogens is 1. The van der Waals surface area contributed by atoms with Crippen molar-refractivity contribution in [2.45, 2.75) is 6.92 Å². The van der Waals surface area contributed by atoms with Gasteiger partial charge in [0, 0.05) is 15.6 Å². The first kappa shape index (κ1) is 13.6. The molecule has 96 valence electrons. The van der Waals surface area contributed by atoms with Gasteiger partial charge in [0.1, 0.15) is 5.75 Å². The molecule has 3 heteroatoms. The van der Waals surface area contributed by atoms with E-state index in [1.165, 1.54) is 0 Å². The molecule has 0 aromatic heterocycles. The summed E-state index contributed by atoms with van der Waals surface area (Å²) in [5, 5.41) is 0. The lowest BCUT2D eigenvalue weighted by atomic mass is 10.0. The molecule has 0 aliphatic rings. The van der Waals surface area contributed by atoms with Gasteiger partial charge in [-0.25, -0.2) is 4.79 Å². The van der Waals surface area contributed by atoms with E-state index in [0.29, 0.717) is 11.3 Å². The molecule has 0 aliphatic carbocycles. The molecule has 0 saturated carbocycles. The molecule has 0 atom stereocenters. The van der Waals surface area contributed by atoms with Gasteiger partial charge >= 0.3 is 5.97 Å². The molecule has 2 rings (SSSR count). The third-order valence-corrected chi connectivity index (χ3v) is 3.25. The fourth-order valence-corrected chi connectivity index (χ4v) is 2.24. The summed E-state index contributed by atoms with van der Waals surface area (Å²) >= 11 is 3.50. The molecule has 0 amide bonds. The molecule has 0 aliphatic heterocycles. The van der Waals surface area contributed by atoms with E-state index >= 15 is 0 Å². The minimum absolute atomic E-state index is 0.374. The van der Waals surface area contributed by atoms with Crippen LogP contribution in [0.1, 0.15) is 6.92 Å². The minimum Gasteiger partial charge on any atom is -0.422 e. The first-order chi connectivity index (χ1) is 9.09. The summed E-state index contributed by atoms with van der Waals surface area (Å²) in [5.74, 6) is 0.101. The lowest BCUT2D eigenvalue weighted by Gasteiger charge is -2.12. The smallest absolute Gasteiger partial charge is 0.338 e. The maximum Gasteiger partial charge on any atom is 0.338 e. The lowest BCUT2D eigenvalue weighted by Crippen LogP contribution is -2.09. The topological polar surface area (TPSA) is 26.3 Å². The van der Waals surface area contributed by atoms with Crippen molar-refractivity contribution in [3.8, 4) is 16.9 Å². The molecule has 0 spiro atoms. The number of benzene rings is 2. The normalized spacial score (nSPS) is 10.0. The second-order valence-corrected chi connectivity index (χ2v) is 5.00. The number of carbonyl (C=O) groups excluding carboxylic acids is 1. The van der Waals surface area contributed by atoms with E-state index in [1.807, 2.05) is 42.5 Å². The van der Waals surface area contributed by atoms with Crippen molar-refractivity contribution in [2.24, 2.45) is 0 Å². The summed E-state index contributed by atoms with van der Waals surface area (Å²) in [5.41, 5.74) is 2.22. The van der Waals surface area contributed by atoms with Gasteiger partial charge in [0.25, 0.3) is 0 Å². The van der Waals surface area contributed by atoms with Crippen LogP contribution in [0.4, 0.5) is 0 Å². The average Bonchev–Trinajstić information content (AvgIpc) is 2.39. The average molecular weight is 317 g/mol. The van der Waals surface area contributed by atoms with Crippen LogP contribution in [0.3, 0.4) is 0 Å². The molecule has 0 saturated heterocycles. The highest BCUT2D eigenvalue weighted by Crippen LogP contribution is 2.36. The lowest BCUT2D eigenvalue weighted by molar-refractivity contribution is -0.130. The van der Waals surface area contributed by atoms with E-state index in [9.17, 15) is 4.79 Å². The van der Waals surface area contributed by atoms with Gasteiger partial charge in [0.05, 0.1) is 0 Å². The molecular weight excluding hydrogens is 304 g/mol. The Morgan fingerprint density at radius 1 is 1.11 bits per heavy atom. The van der Waals surface area contributed by atoms with Crippen LogP contribution >= 0.6 is 15.9 Å². The summed E-state index contributed by atoms with van der Waals surface area (Å²) in [4.78, 5) is 11.7. The van der Waals surface area contributed by atoms with Crippen LogP contribution in [0, 0.1) is 0 Å². The monoisotopic (exact) mass is 316 g/mol. The summed E-state index contributed by atoms with van der Waals surface area (Å²) in [7, 11) is 0. The highest BCUT2D eigenvalue weighted by atomic mass is 79.9. The molecule has 2 nitrogen and oxygen atoms in total. The van der Waals surface area contributed by atoms with Crippen molar-refractivity contribution in [3.63, 3.8) is 0 Å². The standard InChI is InChI=1S/C16H13BrO2/c1-11(2)16(18)19-14-10-6-9-13(17)15(14)12-7-4-3-5-8-12/h3-10H,1H2,2H3. The van der Waals surface area contributed by atoms with Crippen LogP contribution in [0.2, 0.25) is 0 Å². The van der Waals surface area contributed by atoms with Gasteiger partial charge < -0.3 is 4.74 Å². The Morgan fingerprint density at radius 2 is 1.79 bits per heavy atom. The van der Waals surface area contributed by atoms with Crippen LogP contribution < -0.4 is 4.74 Å². The number of ether oxygens (including phenoxy) is 1. The molecule has 0 heterocycles. The van der Waals surface area contributed by atoms with Crippen molar-refractivity contribution < 1.29 is 9.53 Å². The van der Waals surface area contributed by atoms with Gasteiger partial charge in [-0.3, -0.25) is 0 Å². The zero-order valence-corrected chi connectivity index (χ0v) is 12.1. The molecule has 0 bridgehead atoms. The number of hydrogen-bond donors (Lipinski definition) is 0. The Morgan fingerprint density at radius 3 is 2.42 bits per heavy atom. The fourth-order valence-electron chi connectivity index (χ4n) is 1.66. The zero-order valence-electron chi connectivity index (χ0n) is 10.5. The van der Waals surface area contributed by atoms with Gasteiger partial charge in [-0.2, -0.15) is 0 Å². The molecule has 0 N–H and O–H groups in total. The SMILES string of the molecule is C=C(C)C(=O)Oc1cccc(Br)c1-c1ccccc1. The maximum absolute atomic E-state index is 11.7. The van der Waals surface area contributed by atoms with Crippen LogP contribution in [-0.4, -0.2) is 5.97 Å². The van der Waals surface area contributed by atoms with Crippen molar-refractivity contribution in [3.05, 3.63) is 65.2 Å². The van der Waals surface area contributed by atoms with E-state index in [-0.39, 0.29) is 0 Å². The molecule has 0 unspecified atom stereocenters. The molecule has 0 fully saturated rings. The van der Waals surface area contributed by atoms with Gasteiger partial charge in [0.2, 0.25) is 0 Å². The predicted molar refractivity (Wildman–Crippen MR) is 80.0 cm³/mol. The zero-order chi connectivity index (χ0) is 13.8. The highest BCUT2D eigenvalue weighted by molar-refractivity contribution is 9.10. The molecule has 2 aromatic rings. The Bertz CT molecular complexity index is 618. The van der Waals surface area contributed by atoms with Gasteiger partial charge in [-0.1, -0.05) is 58.9 Å². The Labute approximate surface area is 120 Å². The third kappa shape index (κ3) is 3.12. The third-order valence-electron chi connectivity index (χ3n) is 2.59. The van der Waals surface area contributed by atoms with Gasteiger partial charge in [0.15, 0.2) is 0 Å². The van der Waals surface area contributed by atoms with Crippen molar-refractivity contribution in [1.82, 2.24) is 0 Å². The van der Waals surface area contributed by atoms with Crippen molar-refractivity contribution in [1.29, 1.82) is 0 Å². The number of carbonyl (C=O) groups is 1. The number of rotatable bonds is 3.